The lowest BCUT2D eigenvalue weighted by Gasteiger charge is -2.33. The smallest absolute Gasteiger partial charge is 0.332 e. The highest BCUT2D eigenvalue weighted by molar-refractivity contribution is 5.86. The molecule has 0 aromatic heterocycles. The van der Waals surface area contributed by atoms with Crippen LogP contribution in [0.5, 0.6) is 0 Å². The van der Waals surface area contributed by atoms with E-state index in [2.05, 4.69) is 22.5 Å². The molecule has 120 valence electrons. The number of carbonyl (C=O) groups excluding carboxylic acids is 1. The van der Waals surface area contributed by atoms with Crippen LogP contribution in [0.4, 0.5) is 4.79 Å². The maximum absolute atomic E-state index is 12.0. The van der Waals surface area contributed by atoms with Gasteiger partial charge < -0.3 is 25.4 Å². The average Bonchev–Trinajstić information content (AvgIpc) is 2.91. The summed E-state index contributed by atoms with van der Waals surface area (Å²) in [5.41, 5.74) is -1.27. The van der Waals surface area contributed by atoms with E-state index < -0.39 is 17.5 Å². The Kier molecular flexibility index (Phi) is 5.41. The number of rotatable bonds is 5. The highest BCUT2D eigenvalue weighted by Gasteiger charge is 2.44. The van der Waals surface area contributed by atoms with Crippen LogP contribution in [0.2, 0.25) is 0 Å². The fourth-order valence-electron chi connectivity index (χ4n) is 2.94. The van der Waals surface area contributed by atoms with Crippen LogP contribution in [0.3, 0.4) is 0 Å². The molecule has 2 aliphatic rings. The Balaban J connectivity index is 1.78. The van der Waals surface area contributed by atoms with Crippen molar-refractivity contribution in [2.24, 2.45) is 0 Å². The van der Waals surface area contributed by atoms with Crippen LogP contribution in [-0.4, -0.2) is 66.4 Å². The van der Waals surface area contributed by atoms with Crippen LogP contribution in [0.25, 0.3) is 0 Å². The van der Waals surface area contributed by atoms with E-state index in [0.29, 0.717) is 13.0 Å². The molecule has 0 radical (unpaired) electrons. The molecule has 21 heavy (non-hydrogen) atoms. The van der Waals surface area contributed by atoms with Crippen molar-refractivity contribution >= 4 is 12.0 Å². The molecule has 0 aromatic carbocycles. The minimum absolute atomic E-state index is 0.0324. The van der Waals surface area contributed by atoms with Gasteiger partial charge in [-0.25, -0.2) is 9.59 Å². The number of piperidine rings is 1. The van der Waals surface area contributed by atoms with E-state index in [1.54, 1.807) is 0 Å². The van der Waals surface area contributed by atoms with Gasteiger partial charge in [-0.05, 0) is 25.8 Å². The van der Waals surface area contributed by atoms with E-state index in [4.69, 9.17) is 4.74 Å². The molecule has 0 bridgehead atoms. The molecule has 2 aliphatic heterocycles. The normalized spacial score (nSPS) is 27.5. The van der Waals surface area contributed by atoms with Crippen LogP contribution in [-0.2, 0) is 9.53 Å². The number of carboxylic acids is 1. The van der Waals surface area contributed by atoms with Gasteiger partial charge in [0, 0.05) is 32.2 Å². The maximum Gasteiger partial charge on any atom is 0.332 e. The molecule has 2 heterocycles. The first-order valence-electron chi connectivity index (χ1n) is 7.68. The van der Waals surface area contributed by atoms with Gasteiger partial charge in [-0.2, -0.15) is 0 Å². The Morgan fingerprint density at radius 3 is 2.62 bits per heavy atom. The molecule has 1 atom stereocenters. The second-order valence-electron chi connectivity index (χ2n) is 5.90. The minimum Gasteiger partial charge on any atom is -0.479 e. The summed E-state index contributed by atoms with van der Waals surface area (Å²) < 4.78 is 5.12. The zero-order valence-electron chi connectivity index (χ0n) is 12.6. The predicted octanol–water partition coefficient (Wildman–Crippen LogP) is 0.404. The lowest BCUT2D eigenvalue weighted by molar-refractivity contribution is -0.144. The summed E-state index contributed by atoms with van der Waals surface area (Å²) in [5.74, 6) is -1.03. The second kappa shape index (κ2) is 7.09. The van der Waals surface area contributed by atoms with Crippen molar-refractivity contribution in [1.29, 1.82) is 0 Å². The monoisotopic (exact) mass is 299 g/mol. The molecular weight excluding hydrogens is 274 g/mol. The van der Waals surface area contributed by atoms with Gasteiger partial charge in [0.25, 0.3) is 0 Å². The van der Waals surface area contributed by atoms with Gasteiger partial charge in [0.1, 0.15) is 0 Å². The number of nitrogens with one attached hydrogen (secondary N) is 2. The number of amides is 2. The molecule has 7 nitrogen and oxygen atoms in total. The zero-order chi connectivity index (χ0) is 15.3. The van der Waals surface area contributed by atoms with Crippen molar-refractivity contribution < 1.29 is 19.4 Å². The van der Waals surface area contributed by atoms with Gasteiger partial charge in [0.2, 0.25) is 0 Å². The first-order chi connectivity index (χ1) is 10.1. The molecule has 3 N–H and O–H groups in total. The molecule has 2 rings (SSSR count). The van der Waals surface area contributed by atoms with Gasteiger partial charge in [-0.1, -0.05) is 6.92 Å². The van der Waals surface area contributed by atoms with E-state index in [9.17, 15) is 14.7 Å². The number of hydrogen-bond donors (Lipinski definition) is 3. The first-order valence-corrected chi connectivity index (χ1v) is 7.68. The molecule has 2 fully saturated rings. The van der Waals surface area contributed by atoms with Crippen LogP contribution in [0, 0.1) is 0 Å². The van der Waals surface area contributed by atoms with Gasteiger partial charge in [0.15, 0.2) is 5.54 Å². The van der Waals surface area contributed by atoms with Crippen molar-refractivity contribution in [3.05, 3.63) is 0 Å². The number of hydrogen-bond acceptors (Lipinski definition) is 4. The third kappa shape index (κ3) is 4.07. The Labute approximate surface area is 125 Å². The number of likely N-dealkylation sites (tertiary alicyclic amines) is 1. The second-order valence-corrected chi connectivity index (χ2v) is 5.90. The van der Waals surface area contributed by atoms with Crippen LogP contribution in [0.1, 0.15) is 32.6 Å². The standard InChI is InChI=1S/C14H25N3O4/c1-2-6-17-7-3-11(4-8-17)15-13(20)16-14(12(18)19)5-9-21-10-14/h11H,2-10H2,1H3,(H,18,19)(H2,15,16,20). The minimum atomic E-state index is -1.27. The largest absolute Gasteiger partial charge is 0.479 e. The number of aliphatic carboxylic acids is 1. The van der Waals surface area contributed by atoms with Gasteiger partial charge >= 0.3 is 12.0 Å². The van der Waals surface area contributed by atoms with E-state index in [0.717, 1.165) is 38.9 Å². The molecule has 2 saturated heterocycles. The Bertz CT molecular complexity index is 374. The summed E-state index contributed by atoms with van der Waals surface area (Å²) in [6.07, 6.45) is 3.26. The van der Waals surface area contributed by atoms with Crippen molar-refractivity contribution in [2.45, 2.75) is 44.2 Å². The van der Waals surface area contributed by atoms with Crippen molar-refractivity contribution in [1.82, 2.24) is 15.5 Å². The number of carbonyl (C=O) groups is 2. The Hall–Kier alpha value is -1.34. The number of urea groups is 1. The van der Waals surface area contributed by atoms with E-state index in [1.165, 1.54) is 0 Å². The number of nitrogens with zero attached hydrogens (tertiary/aromatic N) is 1. The third-order valence-corrected chi connectivity index (χ3v) is 4.25. The van der Waals surface area contributed by atoms with Gasteiger partial charge in [-0.3, -0.25) is 0 Å². The lowest BCUT2D eigenvalue weighted by Crippen LogP contribution is -2.59. The SMILES string of the molecule is CCCN1CCC(NC(=O)NC2(C(=O)O)CCOC2)CC1. The number of ether oxygens (including phenoxy) is 1. The molecule has 2 amide bonds. The van der Waals surface area contributed by atoms with Crippen molar-refractivity contribution in [3.8, 4) is 0 Å². The fourth-order valence-corrected chi connectivity index (χ4v) is 2.94. The average molecular weight is 299 g/mol. The van der Waals surface area contributed by atoms with Crippen LogP contribution in [0.15, 0.2) is 0 Å². The summed E-state index contributed by atoms with van der Waals surface area (Å²) in [6.45, 7) is 5.61. The molecule has 1 unspecified atom stereocenters. The van der Waals surface area contributed by atoms with E-state index in [1.807, 2.05) is 0 Å². The summed E-state index contributed by atoms with van der Waals surface area (Å²) in [5, 5.41) is 14.8. The van der Waals surface area contributed by atoms with Gasteiger partial charge in [0.05, 0.1) is 6.61 Å². The first kappa shape index (κ1) is 16.0. The quantitative estimate of drug-likeness (QED) is 0.684. The predicted molar refractivity (Wildman–Crippen MR) is 77.2 cm³/mol. The van der Waals surface area contributed by atoms with Gasteiger partial charge in [-0.15, -0.1) is 0 Å². The van der Waals surface area contributed by atoms with Crippen molar-refractivity contribution in [2.75, 3.05) is 32.8 Å². The molecular formula is C14H25N3O4. The summed E-state index contributed by atoms with van der Waals surface area (Å²) in [6, 6.07) is -0.289. The molecule has 0 saturated carbocycles. The third-order valence-electron chi connectivity index (χ3n) is 4.25. The molecule has 0 aromatic rings. The van der Waals surface area contributed by atoms with Crippen molar-refractivity contribution in [3.63, 3.8) is 0 Å². The summed E-state index contributed by atoms with van der Waals surface area (Å²) in [7, 11) is 0. The number of carboxylic acid groups (broad SMARTS) is 1. The topological polar surface area (TPSA) is 90.9 Å². The molecule has 0 spiro atoms. The fraction of sp³-hybridized carbons (Fsp3) is 0.857. The summed E-state index contributed by atoms with van der Waals surface area (Å²) >= 11 is 0. The molecule has 0 aliphatic carbocycles. The van der Waals surface area contributed by atoms with Crippen LogP contribution >= 0.6 is 0 Å². The highest BCUT2D eigenvalue weighted by atomic mass is 16.5. The zero-order valence-corrected chi connectivity index (χ0v) is 12.6. The van der Waals surface area contributed by atoms with E-state index >= 15 is 0 Å². The summed E-state index contributed by atoms with van der Waals surface area (Å²) in [4.78, 5) is 25.8. The Morgan fingerprint density at radius 2 is 2.10 bits per heavy atom. The van der Waals surface area contributed by atoms with E-state index in [-0.39, 0.29) is 12.6 Å². The Morgan fingerprint density at radius 1 is 1.38 bits per heavy atom. The van der Waals surface area contributed by atoms with Crippen LogP contribution < -0.4 is 10.6 Å². The lowest BCUT2D eigenvalue weighted by atomic mass is 9.99. The highest BCUT2D eigenvalue weighted by Crippen LogP contribution is 2.19. The molecule has 7 heteroatoms. The maximum atomic E-state index is 12.0.